The van der Waals surface area contributed by atoms with E-state index >= 15 is 0 Å². The van der Waals surface area contributed by atoms with Gasteiger partial charge in [-0.05, 0) is 19.4 Å². The van der Waals surface area contributed by atoms with E-state index < -0.39 is 0 Å². The average molecular weight is 168 g/mol. The first-order chi connectivity index (χ1) is 5.77. The van der Waals surface area contributed by atoms with E-state index in [4.69, 9.17) is 11.1 Å². The van der Waals surface area contributed by atoms with Gasteiger partial charge in [0.1, 0.15) is 0 Å². The highest BCUT2D eigenvalue weighted by molar-refractivity contribution is 5.74. The molecule has 0 spiro atoms. The molecule has 2 fully saturated rings. The van der Waals surface area contributed by atoms with Crippen LogP contribution >= 0.6 is 0 Å². The Morgan fingerprint density at radius 1 is 1.33 bits per heavy atom. The molecule has 3 N–H and O–H groups in total. The van der Waals surface area contributed by atoms with Gasteiger partial charge in [-0.2, -0.15) is 0 Å². The minimum absolute atomic E-state index is 0.238. The van der Waals surface area contributed by atoms with E-state index in [1.54, 1.807) is 0 Å². The third-order valence-electron chi connectivity index (χ3n) is 2.93. The highest BCUT2D eigenvalue weighted by Crippen LogP contribution is 2.20. The molecule has 4 nitrogen and oxygen atoms in total. The summed E-state index contributed by atoms with van der Waals surface area (Å²) in [5.74, 6) is 0.238. The Hall–Kier alpha value is -0.770. The zero-order chi connectivity index (χ0) is 8.55. The van der Waals surface area contributed by atoms with Gasteiger partial charge in [-0.15, -0.1) is 0 Å². The van der Waals surface area contributed by atoms with Gasteiger partial charge < -0.3 is 10.6 Å². The lowest BCUT2D eigenvalue weighted by Gasteiger charge is -2.37. The summed E-state index contributed by atoms with van der Waals surface area (Å²) in [7, 11) is 0. The van der Waals surface area contributed by atoms with Crippen molar-refractivity contribution in [1.29, 1.82) is 5.41 Å². The molecule has 0 radical (unpaired) electrons. The average Bonchev–Trinajstić information content (AvgIpc) is 2.49. The molecule has 0 bridgehead atoms. The molecule has 0 aliphatic carbocycles. The topological polar surface area (TPSA) is 56.4 Å². The lowest BCUT2D eigenvalue weighted by Crippen LogP contribution is -2.53. The highest BCUT2D eigenvalue weighted by atomic mass is 15.3. The van der Waals surface area contributed by atoms with Crippen LogP contribution in [-0.2, 0) is 0 Å². The van der Waals surface area contributed by atoms with Crippen LogP contribution < -0.4 is 5.73 Å². The molecule has 1 atom stereocenters. The lowest BCUT2D eigenvalue weighted by atomic mass is 10.2. The predicted octanol–water partition coefficient (Wildman–Crippen LogP) is -0.340. The normalized spacial score (nSPS) is 30.3. The number of hydrogen-bond acceptors (Lipinski definition) is 2. The van der Waals surface area contributed by atoms with E-state index in [1.807, 2.05) is 4.90 Å². The van der Waals surface area contributed by atoms with Crippen LogP contribution in [-0.4, -0.2) is 48.0 Å². The molecular formula is C8H16N4. The number of nitrogens with two attached hydrogens (primary N) is 1. The Morgan fingerprint density at radius 2 is 2.17 bits per heavy atom. The molecule has 0 saturated carbocycles. The smallest absolute Gasteiger partial charge is 0.188 e. The maximum atomic E-state index is 7.33. The van der Waals surface area contributed by atoms with Crippen LogP contribution in [0.1, 0.15) is 12.8 Å². The van der Waals surface area contributed by atoms with Crippen molar-refractivity contribution in [2.45, 2.75) is 18.9 Å². The Kier molecular flexibility index (Phi) is 1.92. The lowest BCUT2D eigenvalue weighted by molar-refractivity contribution is 0.150. The van der Waals surface area contributed by atoms with Gasteiger partial charge in [-0.3, -0.25) is 10.3 Å². The Morgan fingerprint density at radius 3 is 2.92 bits per heavy atom. The summed E-state index contributed by atoms with van der Waals surface area (Å²) in [6.07, 6.45) is 2.60. The maximum Gasteiger partial charge on any atom is 0.188 e. The number of hydrogen-bond donors (Lipinski definition) is 2. The predicted molar refractivity (Wildman–Crippen MR) is 48.1 cm³/mol. The van der Waals surface area contributed by atoms with Crippen LogP contribution in [0.25, 0.3) is 0 Å². The van der Waals surface area contributed by atoms with Crippen molar-refractivity contribution in [3.63, 3.8) is 0 Å². The monoisotopic (exact) mass is 168 g/mol. The molecule has 2 rings (SSSR count). The maximum absolute atomic E-state index is 7.33. The highest BCUT2D eigenvalue weighted by Gasteiger charge is 2.30. The van der Waals surface area contributed by atoms with E-state index in [2.05, 4.69) is 4.90 Å². The van der Waals surface area contributed by atoms with Gasteiger partial charge in [0.2, 0.25) is 0 Å². The number of nitrogens with one attached hydrogen (secondary N) is 1. The van der Waals surface area contributed by atoms with Crippen molar-refractivity contribution in [1.82, 2.24) is 9.80 Å². The SMILES string of the molecule is N=C(N)N1CCN2CCC[C@H]2C1. The fourth-order valence-electron chi connectivity index (χ4n) is 2.21. The zero-order valence-corrected chi connectivity index (χ0v) is 7.29. The molecule has 0 amide bonds. The molecule has 0 aromatic heterocycles. The molecule has 0 unspecified atom stereocenters. The fourth-order valence-corrected chi connectivity index (χ4v) is 2.21. The second-order valence-corrected chi connectivity index (χ2v) is 3.66. The second-order valence-electron chi connectivity index (χ2n) is 3.66. The minimum atomic E-state index is 0.238. The Bertz CT molecular complexity index is 191. The van der Waals surface area contributed by atoms with Crippen LogP contribution in [0.4, 0.5) is 0 Å². The largest absolute Gasteiger partial charge is 0.370 e. The number of fused-ring (bicyclic) bond motifs is 1. The number of nitrogens with zero attached hydrogens (tertiary/aromatic N) is 2. The summed E-state index contributed by atoms with van der Waals surface area (Å²) in [5, 5.41) is 7.33. The molecule has 0 aromatic rings. The van der Waals surface area contributed by atoms with Crippen molar-refractivity contribution < 1.29 is 0 Å². The standard InChI is InChI=1S/C8H16N4/c9-8(10)12-5-4-11-3-1-2-7(11)6-12/h7H,1-6H2,(H3,9,10)/t7-/m0/s1. The first-order valence-corrected chi connectivity index (χ1v) is 4.60. The van der Waals surface area contributed by atoms with Gasteiger partial charge in [0.25, 0.3) is 0 Å². The first-order valence-electron chi connectivity index (χ1n) is 4.60. The fraction of sp³-hybridized carbons (Fsp3) is 0.875. The van der Waals surface area contributed by atoms with E-state index in [0.29, 0.717) is 6.04 Å². The molecule has 12 heavy (non-hydrogen) atoms. The van der Waals surface area contributed by atoms with Gasteiger partial charge in [0.15, 0.2) is 5.96 Å². The molecule has 4 heteroatoms. The van der Waals surface area contributed by atoms with Crippen LogP contribution in [0, 0.1) is 5.41 Å². The summed E-state index contributed by atoms with van der Waals surface area (Å²) in [6.45, 7) is 4.24. The molecule has 2 heterocycles. The van der Waals surface area contributed by atoms with Crippen molar-refractivity contribution >= 4 is 5.96 Å². The molecule has 2 saturated heterocycles. The number of rotatable bonds is 0. The molecule has 68 valence electrons. The Labute approximate surface area is 72.8 Å². The van der Waals surface area contributed by atoms with Gasteiger partial charge in [-0.25, -0.2) is 0 Å². The quantitative estimate of drug-likeness (QED) is 0.384. The van der Waals surface area contributed by atoms with Crippen LogP contribution in [0.2, 0.25) is 0 Å². The number of guanidine groups is 1. The first kappa shape index (κ1) is 7.86. The van der Waals surface area contributed by atoms with E-state index in [1.165, 1.54) is 19.4 Å². The van der Waals surface area contributed by atoms with E-state index in [0.717, 1.165) is 19.6 Å². The van der Waals surface area contributed by atoms with Gasteiger partial charge in [0.05, 0.1) is 0 Å². The van der Waals surface area contributed by atoms with Gasteiger partial charge in [0, 0.05) is 25.7 Å². The summed E-state index contributed by atoms with van der Waals surface area (Å²) >= 11 is 0. The summed E-state index contributed by atoms with van der Waals surface area (Å²) in [4.78, 5) is 4.49. The van der Waals surface area contributed by atoms with E-state index in [-0.39, 0.29) is 5.96 Å². The molecule has 2 aliphatic heterocycles. The van der Waals surface area contributed by atoms with Crippen molar-refractivity contribution in [3.05, 3.63) is 0 Å². The molecular weight excluding hydrogens is 152 g/mol. The molecule has 2 aliphatic rings. The molecule has 0 aromatic carbocycles. The minimum Gasteiger partial charge on any atom is -0.370 e. The Balaban J connectivity index is 1.96. The second kappa shape index (κ2) is 2.94. The van der Waals surface area contributed by atoms with Crippen LogP contribution in [0.15, 0.2) is 0 Å². The van der Waals surface area contributed by atoms with Crippen LogP contribution in [0.5, 0.6) is 0 Å². The van der Waals surface area contributed by atoms with Gasteiger partial charge in [-0.1, -0.05) is 0 Å². The summed E-state index contributed by atoms with van der Waals surface area (Å²) in [5.41, 5.74) is 5.44. The van der Waals surface area contributed by atoms with Gasteiger partial charge >= 0.3 is 0 Å². The van der Waals surface area contributed by atoms with Crippen molar-refractivity contribution in [3.8, 4) is 0 Å². The van der Waals surface area contributed by atoms with E-state index in [9.17, 15) is 0 Å². The van der Waals surface area contributed by atoms with Crippen molar-refractivity contribution in [2.24, 2.45) is 5.73 Å². The van der Waals surface area contributed by atoms with Crippen LogP contribution in [0.3, 0.4) is 0 Å². The summed E-state index contributed by atoms with van der Waals surface area (Å²) in [6, 6.07) is 0.669. The van der Waals surface area contributed by atoms with Crippen molar-refractivity contribution in [2.75, 3.05) is 26.2 Å². The zero-order valence-electron chi connectivity index (χ0n) is 7.29. The third-order valence-corrected chi connectivity index (χ3v) is 2.93. The third kappa shape index (κ3) is 1.27. The summed E-state index contributed by atoms with van der Waals surface area (Å²) < 4.78 is 0. The number of piperazine rings is 1.